The highest BCUT2D eigenvalue weighted by Gasteiger charge is 2.46. The summed E-state index contributed by atoms with van der Waals surface area (Å²) in [5.74, 6) is -3.58. The van der Waals surface area contributed by atoms with Crippen molar-refractivity contribution in [2.75, 3.05) is 49.7 Å². The number of piperidine rings is 1. The summed E-state index contributed by atoms with van der Waals surface area (Å²) >= 11 is 11.7. The molecular weight excluding hydrogens is 992 g/mol. The van der Waals surface area contributed by atoms with Crippen molar-refractivity contribution in [1.29, 1.82) is 0 Å². The van der Waals surface area contributed by atoms with Gasteiger partial charge in [0.1, 0.15) is 24.1 Å². The van der Waals surface area contributed by atoms with Gasteiger partial charge < -0.3 is 29.6 Å². The molecule has 368 valence electrons. The SMILES string of the molecule is O=C1CCC(N2C(=O)c3cccc(NC(=O)COCCOCCOCCn4cc(CNC(=O)c5ccc(Oc6ccc(Cl)cc6NS(=O)(=O)c6ccc(Cl)c(C(F)(F)F)c6)cc5)nn4)c3C2=O)C(=O)N1. The van der Waals surface area contributed by atoms with Gasteiger partial charge >= 0.3 is 6.18 Å². The summed E-state index contributed by atoms with van der Waals surface area (Å²) in [5.41, 5.74) is -0.739. The van der Waals surface area contributed by atoms with Gasteiger partial charge in [-0.05, 0) is 79.2 Å². The van der Waals surface area contributed by atoms with Crippen molar-refractivity contribution in [3.8, 4) is 11.5 Å². The highest BCUT2D eigenvalue weighted by atomic mass is 35.5. The molecular formula is C44H39Cl2F3N8O12S. The molecule has 1 atom stereocenters. The van der Waals surface area contributed by atoms with Crippen LogP contribution in [0.2, 0.25) is 10.0 Å². The van der Waals surface area contributed by atoms with Crippen LogP contribution in [0.1, 0.15) is 55.2 Å². The molecule has 0 saturated carbocycles. The number of sulfonamides is 1. The average molecular weight is 1030 g/mol. The Morgan fingerprint density at radius 2 is 1.59 bits per heavy atom. The van der Waals surface area contributed by atoms with Crippen LogP contribution in [-0.2, 0) is 57.9 Å². The normalized spacial score (nSPS) is 14.9. The molecule has 1 aromatic heterocycles. The predicted molar refractivity (Wildman–Crippen MR) is 241 cm³/mol. The van der Waals surface area contributed by atoms with E-state index in [0.717, 1.165) is 17.0 Å². The Kier molecular flexibility index (Phi) is 16.1. The van der Waals surface area contributed by atoms with Crippen LogP contribution in [0.3, 0.4) is 0 Å². The number of anilines is 2. The summed E-state index contributed by atoms with van der Waals surface area (Å²) in [7, 11) is -4.57. The van der Waals surface area contributed by atoms with Crippen molar-refractivity contribution < 1.29 is 69.3 Å². The molecule has 0 bridgehead atoms. The fourth-order valence-electron chi connectivity index (χ4n) is 6.93. The minimum atomic E-state index is -4.90. The minimum Gasteiger partial charge on any atom is -0.455 e. The number of nitrogens with one attached hydrogen (secondary N) is 4. The van der Waals surface area contributed by atoms with Crippen LogP contribution in [0.5, 0.6) is 11.5 Å². The van der Waals surface area contributed by atoms with Gasteiger partial charge in [-0.3, -0.25) is 43.7 Å². The number of benzene rings is 4. The fraction of sp³-hybridized carbons (Fsp3) is 0.273. The zero-order valence-corrected chi connectivity index (χ0v) is 38.5. The van der Waals surface area contributed by atoms with Crippen LogP contribution < -0.4 is 25.4 Å². The molecule has 4 aromatic carbocycles. The van der Waals surface area contributed by atoms with Gasteiger partial charge in [0.15, 0.2) is 5.75 Å². The van der Waals surface area contributed by atoms with E-state index in [-0.39, 0.29) is 104 Å². The number of ether oxygens (including phenoxy) is 4. The lowest BCUT2D eigenvalue weighted by Crippen LogP contribution is -2.54. The molecule has 4 N–H and O–H groups in total. The van der Waals surface area contributed by atoms with Crippen LogP contribution in [0, 0.1) is 0 Å². The number of nitrogens with zero attached hydrogens (tertiary/aromatic N) is 4. The lowest BCUT2D eigenvalue weighted by atomic mass is 10.0. The maximum Gasteiger partial charge on any atom is 0.417 e. The lowest BCUT2D eigenvalue weighted by Gasteiger charge is -2.27. The van der Waals surface area contributed by atoms with Gasteiger partial charge in [-0.15, -0.1) is 5.10 Å². The maximum atomic E-state index is 13.4. The Morgan fingerprint density at radius 1 is 0.857 bits per heavy atom. The van der Waals surface area contributed by atoms with Crippen LogP contribution in [-0.4, -0.2) is 109 Å². The van der Waals surface area contributed by atoms with Gasteiger partial charge in [0.2, 0.25) is 17.7 Å². The summed E-state index contributed by atoms with van der Waals surface area (Å²) in [6.45, 7) is 0.946. The van der Waals surface area contributed by atoms with Gasteiger partial charge in [0.05, 0.1) is 90.3 Å². The molecule has 6 amide bonds. The number of rotatable bonds is 21. The third kappa shape index (κ3) is 12.6. The van der Waals surface area contributed by atoms with E-state index in [1.165, 1.54) is 65.3 Å². The van der Waals surface area contributed by atoms with E-state index in [2.05, 4.69) is 31.0 Å². The standard InChI is InChI=1S/C44H39Cl2F3N8O12S/c45-26-6-12-36(34(20-26)54-70(64,65)29-9-10-32(46)31(21-29)44(47,48)49)69-28-7-4-25(5-8-28)40(60)50-22-27-23-56(55-53-27)14-15-66-16-17-67-18-19-68-24-38(59)51-33-3-1-2-30-39(33)43(63)57(42(30)62)35-11-13-37(58)52-41(35)61/h1-10,12,20-21,23,35,54H,11,13-19,22,24H2,(H,50,60)(H,51,59)(H,52,58,61). The number of imide groups is 2. The Balaban J connectivity index is 0.769. The van der Waals surface area contributed by atoms with E-state index >= 15 is 0 Å². The van der Waals surface area contributed by atoms with Crippen LogP contribution >= 0.6 is 23.2 Å². The van der Waals surface area contributed by atoms with Gasteiger partial charge in [-0.25, -0.2) is 13.1 Å². The number of amides is 6. The minimum absolute atomic E-state index is 0.00238. The average Bonchev–Trinajstić information content (AvgIpc) is 3.87. The first kappa shape index (κ1) is 50.9. The van der Waals surface area contributed by atoms with Crippen molar-refractivity contribution in [2.24, 2.45) is 0 Å². The molecule has 2 aliphatic heterocycles. The topological polar surface area (TPSA) is 256 Å². The summed E-state index contributed by atoms with van der Waals surface area (Å²) in [6, 6.07) is 15.2. The molecule has 70 heavy (non-hydrogen) atoms. The van der Waals surface area contributed by atoms with E-state index in [1.54, 1.807) is 6.20 Å². The third-order valence-electron chi connectivity index (χ3n) is 10.3. The third-order valence-corrected chi connectivity index (χ3v) is 12.2. The van der Waals surface area contributed by atoms with Crippen molar-refractivity contribution in [2.45, 2.75) is 43.0 Å². The van der Waals surface area contributed by atoms with Crippen LogP contribution in [0.25, 0.3) is 0 Å². The van der Waals surface area contributed by atoms with Gasteiger partial charge in [-0.2, -0.15) is 13.2 Å². The molecule has 5 aromatic rings. The van der Waals surface area contributed by atoms with E-state index in [1.807, 2.05) is 0 Å². The van der Waals surface area contributed by atoms with E-state index < -0.39 is 73.2 Å². The lowest BCUT2D eigenvalue weighted by molar-refractivity contribution is -0.138. The van der Waals surface area contributed by atoms with Crippen LogP contribution in [0.4, 0.5) is 24.5 Å². The summed E-state index contributed by atoms with van der Waals surface area (Å²) in [6.07, 6.45) is -3.30. The van der Waals surface area contributed by atoms with E-state index in [0.29, 0.717) is 18.3 Å². The molecule has 1 saturated heterocycles. The molecule has 2 aliphatic rings. The second-order valence-corrected chi connectivity index (χ2v) is 17.7. The number of fused-ring (bicyclic) bond motifs is 1. The smallest absolute Gasteiger partial charge is 0.417 e. The highest BCUT2D eigenvalue weighted by Crippen LogP contribution is 2.38. The first-order valence-corrected chi connectivity index (χ1v) is 23.1. The number of aromatic nitrogens is 3. The van der Waals surface area contributed by atoms with E-state index in [9.17, 15) is 50.4 Å². The molecule has 0 radical (unpaired) electrons. The molecule has 0 spiro atoms. The summed E-state index contributed by atoms with van der Waals surface area (Å²) < 4.78 is 92.4. The summed E-state index contributed by atoms with van der Waals surface area (Å²) in [4.78, 5) is 75.7. The zero-order chi connectivity index (χ0) is 50.2. The second kappa shape index (κ2) is 22.2. The number of halogens is 5. The zero-order valence-electron chi connectivity index (χ0n) is 36.2. The van der Waals surface area contributed by atoms with Crippen molar-refractivity contribution >= 4 is 80.0 Å². The number of hydrogen-bond donors (Lipinski definition) is 4. The molecule has 1 fully saturated rings. The highest BCUT2D eigenvalue weighted by molar-refractivity contribution is 7.92. The quantitative estimate of drug-likeness (QED) is 0.0544. The first-order chi connectivity index (χ1) is 33.4. The Bertz CT molecular complexity index is 2940. The summed E-state index contributed by atoms with van der Waals surface area (Å²) in [5, 5.41) is 14.9. The van der Waals surface area contributed by atoms with Crippen molar-refractivity contribution in [3.63, 3.8) is 0 Å². The number of alkyl halides is 3. The molecule has 7 rings (SSSR count). The predicted octanol–water partition coefficient (Wildman–Crippen LogP) is 5.22. The van der Waals surface area contributed by atoms with Crippen molar-refractivity contribution in [1.82, 2.24) is 30.5 Å². The number of hydrogen-bond acceptors (Lipinski definition) is 14. The van der Waals surface area contributed by atoms with Gasteiger partial charge in [-0.1, -0.05) is 34.5 Å². The Labute approximate surface area is 405 Å². The van der Waals surface area contributed by atoms with Crippen molar-refractivity contribution in [3.05, 3.63) is 123 Å². The Hall–Kier alpha value is -6.96. The largest absolute Gasteiger partial charge is 0.455 e. The molecule has 20 nitrogen and oxygen atoms in total. The van der Waals surface area contributed by atoms with Gasteiger partial charge in [0, 0.05) is 17.0 Å². The second-order valence-electron chi connectivity index (χ2n) is 15.2. The number of carbonyl (C=O) groups excluding carboxylic acids is 6. The molecule has 1 unspecified atom stereocenters. The molecule has 26 heteroatoms. The number of carbonyl (C=O) groups is 6. The van der Waals surface area contributed by atoms with Gasteiger partial charge in [0.25, 0.3) is 27.7 Å². The maximum absolute atomic E-state index is 13.4. The monoisotopic (exact) mass is 1030 g/mol. The fourth-order valence-corrected chi connectivity index (χ4v) is 8.42. The first-order valence-electron chi connectivity index (χ1n) is 20.9. The Morgan fingerprint density at radius 3 is 2.31 bits per heavy atom. The molecule has 0 aliphatic carbocycles. The molecule has 3 heterocycles. The van der Waals surface area contributed by atoms with Crippen LogP contribution in [0.15, 0.2) is 90.0 Å². The van der Waals surface area contributed by atoms with E-state index in [4.69, 9.17) is 42.1 Å².